The highest BCUT2D eigenvalue weighted by molar-refractivity contribution is 6.32. The standard InChI is InChI=1S/C33H30ClFN6O3/c34-28-15-23(35)10-11-30(28)41-18-22(17-37-41)33(43)40-19-25-16-31(40)32(42)36-12-2-1-3-13-39-20-27-26(8-5-9-29(27)38-39)21-6-4-7-24(14-21)44-25/h4-11,14-15,17-18,20,25,31H,1-3,12-13,16,19H2,(H,36,42)/t25-,31-/m0/s1. The molecule has 2 aliphatic rings. The number of ether oxygens (including phenoxy) is 1. The Bertz CT molecular complexity index is 1870. The second-order valence-electron chi connectivity index (χ2n) is 11.2. The van der Waals surface area contributed by atoms with Crippen LogP contribution in [-0.2, 0) is 11.3 Å². The minimum absolute atomic E-state index is 0.168. The van der Waals surface area contributed by atoms with Crippen LogP contribution in [0.2, 0.25) is 5.02 Å². The first-order chi connectivity index (χ1) is 21.4. The summed E-state index contributed by atoms with van der Waals surface area (Å²) in [6.45, 7) is 1.53. The lowest BCUT2D eigenvalue weighted by atomic mass is 10.0. The van der Waals surface area contributed by atoms with Crippen molar-refractivity contribution in [2.24, 2.45) is 0 Å². The van der Waals surface area contributed by atoms with E-state index in [1.807, 2.05) is 41.1 Å². The zero-order valence-electron chi connectivity index (χ0n) is 23.8. The van der Waals surface area contributed by atoms with E-state index in [4.69, 9.17) is 21.4 Å². The average molecular weight is 613 g/mol. The topological polar surface area (TPSA) is 94.3 Å². The van der Waals surface area contributed by atoms with Crippen LogP contribution in [0.4, 0.5) is 4.39 Å². The molecule has 1 N–H and O–H groups in total. The van der Waals surface area contributed by atoms with Crippen LogP contribution < -0.4 is 10.1 Å². The van der Waals surface area contributed by atoms with Crippen LogP contribution in [0, 0.1) is 5.82 Å². The number of nitrogens with one attached hydrogen (secondary N) is 1. The maximum Gasteiger partial charge on any atom is 0.257 e. The van der Waals surface area contributed by atoms with Crippen LogP contribution >= 0.6 is 11.6 Å². The summed E-state index contributed by atoms with van der Waals surface area (Å²) in [5.74, 6) is -0.365. The van der Waals surface area contributed by atoms with Crippen LogP contribution in [0.5, 0.6) is 5.75 Å². The maximum atomic E-state index is 13.8. The van der Waals surface area contributed by atoms with Crippen molar-refractivity contribution in [3.05, 3.63) is 95.7 Å². The maximum absolute atomic E-state index is 13.8. The summed E-state index contributed by atoms with van der Waals surface area (Å²) < 4.78 is 23.4. The van der Waals surface area contributed by atoms with E-state index in [-0.39, 0.29) is 28.9 Å². The van der Waals surface area contributed by atoms with Crippen molar-refractivity contribution < 1.29 is 18.7 Å². The van der Waals surface area contributed by atoms with Gasteiger partial charge >= 0.3 is 0 Å². The lowest BCUT2D eigenvalue weighted by Gasteiger charge is -2.23. The summed E-state index contributed by atoms with van der Waals surface area (Å²) in [4.78, 5) is 28.8. The number of amides is 2. The molecule has 2 atom stereocenters. The highest BCUT2D eigenvalue weighted by atomic mass is 35.5. The van der Waals surface area contributed by atoms with E-state index in [1.165, 1.54) is 35.3 Å². The molecule has 0 radical (unpaired) electrons. The number of carbonyl (C=O) groups excluding carboxylic acids is 2. The van der Waals surface area contributed by atoms with Gasteiger partial charge in [0.25, 0.3) is 5.91 Å². The molecule has 44 heavy (non-hydrogen) atoms. The molecule has 3 aromatic carbocycles. The van der Waals surface area contributed by atoms with Crippen molar-refractivity contribution in [3.8, 4) is 22.6 Å². The van der Waals surface area contributed by atoms with Gasteiger partial charge in [-0.2, -0.15) is 10.2 Å². The summed E-state index contributed by atoms with van der Waals surface area (Å²) in [7, 11) is 0. The van der Waals surface area contributed by atoms with E-state index in [9.17, 15) is 14.0 Å². The van der Waals surface area contributed by atoms with Crippen molar-refractivity contribution in [3.63, 3.8) is 0 Å². The summed E-state index contributed by atoms with van der Waals surface area (Å²) >= 11 is 6.22. The van der Waals surface area contributed by atoms with E-state index >= 15 is 0 Å². The molecule has 2 aliphatic heterocycles. The number of aromatic nitrogens is 4. The van der Waals surface area contributed by atoms with Crippen LogP contribution in [0.15, 0.2) is 79.3 Å². The number of hydrogen-bond acceptors (Lipinski definition) is 5. The molecule has 9 nitrogen and oxygen atoms in total. The fourth-order valence-electron chi connectivity index (χ4n) is 6.05. The SMILES string of the molecule is O=C1NCCCCCn2cc3c(cccc3n2)-c2cccc(c2)O[C@H]2C[C@@H]1N(C(=O)c1cnn(-c3ccc(F)cc3Cl)c1)C2. The molecular formula is C33H30ClFN6O3. The summed E-state index contributed by atoms with van der Waals surface area (Å²) in [5.41, 5.74) is 3.74. The number of benzene rings is 3. The van der Waals surface area contributed by atoms with E-state index in [1.54, 1.807) is 4.90 Å². The third-order valence-electron chi connectivity index (χ3n) is 8.22. The van der Waals surface area contributed by atoms with Gasteiger partial charge in [0.05, 0.1) is 34.5 Å². The number of nitrogens with zero attached hydrogens (tertiary/aromatic N) is 5. The van der Waals surface area contributed by atoms with Crippen molar-refractivity contribution in [2.45, 2.75) is 44.4 Å². The number of rotatable bonds is 2. The second kappa shape index (κ2) is 11.8. The predicted molar refractivity (Wildman–Crippen MR) is 164 cm³/mol. The molecule has 6 bridgehead atoms. The van der Waals surface area contributed by atoms with E-state index in [2.05, 4.69) is 22.7 Å². The van der Waals surface area contributed by atoms with Crippen molar-refractivity contribution in [1.82, 2.24) is 29.8 Å². The number of fused-ring (bicyclic) bond motifs is 6. The molecule has 0 saturated carbocycles. The number of halogens is 2. The van der Waals surface area contributed by atoms with Crippen molar-refractivity contribution in [1.29, 1.82) is 0 Å². The molecule has 0 aliphatic carbocycles. The molecule has 11 heteroatoms. The van der Waals surface area contributed by atoms with E-state index in [0.717, 1.165) is 47.8 Å². The summed E-state index contributed by atoms with van der Waals surface area (Å²) in [6, 6.07) is 17.3. The van der Waals surface area contributed by atoms with Gasteiger partial charge in [-0.05, 0) is 66.8 Å². The Morgan fingerprint density at radius 2 is 1.93 bits per heavy atom. The molecular weight excluding hydrogens is 583 g/mol. The Kier molecular flexibility index (Phi) is 7.51. The first-order valence-corrected chi connectivity index (χ1v) is 15.1. The number of likely N-dealkylation sites (tertiary alicyclic amines) is 1. The molecule has 2 aromatic heterocycles. The van der Waals surface area contributed by atoms with Crippen LogP contribution in [0.25, 0.3) is 27.7 Å². The van der Waals surface area contributed by atoms with Crippen molar-refractivity contribution in [2.75, 3.05) is 13.1 Å². The van der Waals surface area contributed by atoms with Crippen LogP contribution in [-0.4, -0.2) is 61.5 Å². The normalized spacial score (nSPS) is 19.0. The highest BCUT2D eigenvalue weighted by Gasteiger charge is 2.41. The van der Waals surface area contributed by atoms with Gasteiger partial charge in [-0.1, -0.05) is 35.9 Å². The second-order valence-corrected chi connectivity index (χ2v) is 11.6. The Morgan fingerprint density at radius 1 is 1.05 bits per heavy atom. The molecule has 1 saturated heterocycles. The van der Waals surface area contributed by atoms with Gasteiger partial charge in [0, 0.05) is 37.3 Å². The Balaban J connectivity index is 1.18. The summed E-state index contributed by atoms with van der Waals surface area (Å²) in [6.07, 6.45) is 7.69. The third kappa shape index (κ3) is 5.53. The first kappa shape index (κ1) is 28.1. The molecule has 0 unspecified atom stereocenters. The van der Waals surface area contributed by atoms with Gasteiger partial charge < -0.3 is 15.0 Å². The zero-order valence-corrected chi connectivity index (χ0v) is 24.6. The van der Waals surface area contributed by atoms with Crippen LogP contribution in [0.3, 0.4) is 0 Å². The number of hydrogen-bond donors (Lipinski definition) is 1. The molecule has 1 fully saturated rings. The fraction of sp³-hybridized carbons (Fsp3) is 0.273. The molecule has 224 valence electrons. The lowest BCUT2D eigenvalue weighted by molar-refractivity contribution is -0.124. The van der Waals surface area contributed by atoms with Gasteiger partial charge in [-0.25, -0.2) is 9.07 Å². The molecule has 5 aromatic rings. The molecule has 7 rings (SSSR count). The van der Waals surface area contributed by atoms with Gasteiger partial charge in [-0.3, -0.25) is 14.3 Å². The van der Waals surface area contributed by atoms with Gasteiger partial charge in [-0.15, -0.1) is 0 Å². The average Bonchev–Trinajstić information content (AvgIpc) is 3.77. The van der Waals surface area contributed by atoms with Crippen molar-refractivity contribution >= 4 is 34.3 Å². The largest absolute Gasteiger partial charge is 0.488 e. The first-order valence-electron chi connectivity index (χ1n) is 14.7. The highest BCUT2D eigenvalue weighted by Crippen LogP contribution is 2.32. The summed E-state index contributed by atoms with van der Waals surface area (Å²) in [5, 5.41) is 13.3. The van der Waals surface area contributed by atoms with E-state index < -0.39 is 18.0 Å². The minimum Gasteiger partial charge on any atom is -0.488 e. The molecule has 2 amide bonds. The Labute approximate surface area is 258 Å². The van der Waals surface area contributed by atoms with Gasteiger partial charge in [0.1, 0.15) is 23.7 Å². The number of carbonyl (C=O) groups is 2. The molecule has 0 spiro atoms. The monoisotopic (exact) mass is 612 g/mol. The Morgan fingerprint density at radius 3 is 2.82 bits per heavy atom. The smallest absolute Gasteiger partial charge is 0.257 e. The Hall–Kier alpha value is -4.70. The predicted octanol–water partition coefficient (Wildman–Crippen LogP) is 5.64. The quantitative estimate of drug-likeness (QED) is 0.278. The number of aryl methyl sites for hydroxylation is 1. The third-order valence-corrected chi connectivity index (χ3v) is 8.52. The zero-order chi connectivity index (χ0) is 30.2. The fourth-order valence-corrected chi connectivity index (χ4v) is 6.30. The van der Waals surface area contributed by atoms with Gasteiger partial charge in [0.15, 0.2) is 0 Å². The molecule has 4 heterocycles. The van der Waals surface area contributed by atoms with Gasteiger partial charge in [0.2, 0.25) is 5.91 Å². The minimum atomic E-state index is -0.707. The van der Waals surface area contributed by atoms with Crippen LogP contribution in [0.1, 0.15) is 36.0 Å². The lowest BCUT2D eigenvalue weighted by Crippen LogP contribution is -2.46. The van der Waals surface area contributed by atoms with E-state index in [0.29, 0.717) is 24.4 Å².